The molecule has 21 heavy (non-hydrogen) atoms. The monoisotopic (exact) mass is 297 g/mol. The zero-order valence-electron chi connectivity index (χ0n) is 12.5. The van der Waals surface area contributed by atoms with Crippen LogP contribution in [0.3, 0.4) is 0 Å². The summed E-state index contributed by atoms with van der Waals surface area (Å²) in [6, 6.07) is 3.23. The highest BCUT2D eigenvalue weighted by Gasteiger charge is 2.22. The van der Waals surface area contributed by atoms with Gasteiger partial charge in [0.05, 0.1) is 0 Å². The van der Waals surface area contributed by atoms with E-state index >= 15 is 0 Å². The minimum Gasteiger partial charge on any atom is -0.396 e. The van der Waals surface area contributed by atoms with E-state index in [-0.39, 0.29) is 18.1 Å². The van der Waals surface area contributed by atoms with Crippen LogP contribution in [0.2, 0.25) is 0 Å². The van der Waals surface area contributed by atoms with E-state index in [9.17, 15) is 13.6 Å². The molecule has 0 saturated carbocycles. The van der Waals surface area contributed by atoms with E-state index in [2.05, 4.69) is 5.32 Å². The van der Waals surface area contributed by atoms with Gasteiger partial charge in [-0.2, -0.15) is 0 Å². The molecule has 1 rings (SSSR count). The molecule has 0 aliphatic rings. The van der Waals surface area contributed by atoms with E-state index in [0.29, 0.717) is 18.4 Å². The number of hydrogen-bond donors (Lipinski definition) is 2. The third-order valence-corrected chi connectivity index (χ3v) is 3.57. The van der Waals surface area contributed by atoms with Crippen LogP contribution in [0.15, 0.2) is 24.3 Å². The van der Waals surface area contributed by atoms with Crippen LogP contribution < -0.4 is 5.32 Å². The fourth-order valence-electron chi connectivity index (χ4n) is 1.99. The molecule has 3 nitrogen and oxygen atoms in total. The summed E-state index contributed by atoms with van der Waals surface area (Å²) in [6.45, 7) is 5.31. The van der Waals surface area contributed by atoms with Gasteiger partial charge in [-0.05, 0) is 44.4 Å². The highest BCUT2D eigenvalue weighted by atomic mass is 19.1. The minimum atomic E-state index is -0.704. The summed E-state index contributed by atoms with van der Waals surface area (Å²) in [7, 11) is 0. The first-order valence-corrected chi connectivity index (χ1v) is 6.88. The second-order valence-corrected chi connectivity index (χ2v) is 5.33. The Morgan fingerprint density at radius 3 is 2.62 bits per heavy atom. The van der Waals surface area contributed by atoms with Crippen molar-refractivity contribution in [3.63, 3.8) is 0 Å². The number of rotatable bonds is 6. The Labute approximate surface area is 123 Å². The van der Waals surface area contributed by atoms with E-state index in [1.165, 1.54) is 12.1 Å². The van der Waals surface area contributed by atoms with Gasteiger partial charge in [0.15, 0.2) is 0 Å². The Morgan fingerprint density at radius 2 is 2.10 bits per heavy atom. The second-order valence-electron chi connectivity index (χ2n) is 5.33. The topological polar surface area (TPSA) is 49.3 Å². The molecule has 0 saturated heterocycles. The smallest absolute Gasteiger partial charge is 0.244 e. The molecule has 0 spiro atoms. The first-order chi connectivity index (χ1) is 9.81. The lowest BCUT2D eigenvalue weighted by Gasteiger charge is -2.28. The number of amides is 1. The van der Waals surface area contributed by atoms with Crippen molar-refractivity contribution in [1.29, 1.82) is 0 Å². The van der Waals surface area contributed by atoms with Crippen molar-refractivity contribution in [3.8, 4) is 0 Å². The van der Waals surface area contributed by atoms with Crippen molar-refractivity contribution in [2.45, 2.75) is 39.2 Å². The van der Waals surface area contributed by atoms with Crippen LogP contribution in [0.5, 0.6) is 0 Å². The largest absolute Gasteiger partial charge is 0.396 e. The summed E-state index contributed by atoms with van der Waals surface area (Å²) in [4.78, 5) is 12.0. The number of carbonyl (C=O) groups excluding carboxylic acids is 1. The number of carbonyl (C=O) groups is 1. The van der Waals surface area contributed by atoms with E-state index in [0.717, 1.165) is 12.1 Å². The number of benzene rings is 1. The summed E-state index contributed by atoms with van der Waals surface area (Å²) < 4.78 is 26.5. The van der Waals surface area contributed by atoms with Gasteiger partial charge in [0.25, 0.3) is 0 Å². The molecule has 0 bridgehead atoms. The molecule has 2 N–H and O–H groups in total. The Bertz CT molecular complexity index is 543. The van der Waals surface area contributed by atoms with E-state index in [1.54, 1.807) is 6.92 Å². The van der Waals surface area contributed by atoms with Crippen molar-refractivity contribution >= 4 is 11.5 Å². The molecule has 0 fully saturated rings. The standard InChI is InChI=1S/C16H21F2NO2/c1-4-16(3,7-8-20)19-15(21)9-11(2)13-6-5-12(17)10-14(13)18/h5-6,9-10,20H,4,7-8H2,1-3H3,(H,19,21)/b11-9-. The molecule has 1 amide bonds. The van der Waals surface area contributed by atoms with Crippen LogP contribution in [-0.4, -0.2) is 23.2 Å². The van der Waals surface area contributed by atoms with Crippen LogP contribution in [0.1, 0.15) is 39.2 Å². The first kappa shape index (κ1) is 17.3. The lowest BCUT2D eigenvalue weighted by Crippen LogP contribution is -2.45. The fraction of sp³-hybridized carbons (Fsp3) is 0.438. The van der Waals surface area contributed by atoms with Gasteiger partial charge in [0.2, 0.25) is 5.91 Å². The van der Waals surface area contributed by atoms with Crippen LogP contribution >= 0.6 is 0 Å². The molecule has 1 atom stereocenters. The van der Waals surface area contributed by atoms with Crippen molar-refractivity contribution in [1.82, 2.24) is 5.32 Å². The Kier molecular flexibility index (Phi) is 6.03. The van der Waals surface area contributed by atoms with Gasteiger partial charge < -0.3 is 10.4 Å². The maximum absolute atomic E-state index is 13.6. The molecule has 5 heteroatoms. The molecule has 0 aromatic heterocycles. The van der Waals surface area contributed by atoms with Crippen LogP contribution in [0.4, 0.5) is 8.78 Å². The normalized spacial score (nSPS) is 14.7. The lowest BCUT2D eigenvalue weighted by molar-refractivity contribution is -0.118. The maximum Gasteiger partial charge on any atom is 0.244 e. The number of halogens is 2. The lowest BCUT2D eigenvalue weighted by atomic mass is 9.94. The van der Waals surface area contributed by atoms with E-state index in [1.807, 2.05) is 13.8 Å². The van der Waals surface area contributed by atoms with E-state index in [4.69, 9.17) is 5.11 Å². The predicted molar refractivity (Wildman–Crippen MR) is 78.6 cm³/mol. The third-order valence-electron chi connectivity index (χ3n) is 3.57. The maximum atomic E-state index is 13.6. The third kappa shape index (κ3) is 4.93. The average molecular weight is 297 g/mol. The Morgan fingerprint density at radius 1 is 1.43 bits per heavy atom. The van der Waals surface area contributed by atoms with Crippen LogP contribution in [0.25, 0.3) is 5.57 Å². The molecule has 1 aromatic rings. The van der Waals surface area contributed by atoms with Crippen molar-refractivity contribution in [2.75, 3.05) is 6.61 Å². The molecule has 0 aliphatic carbocycles. The minimum absolute atomic E-state index is 0.0279. The highest BCUT2D eigenvalue weighted by molar-refractivity contribution is 5.95. The summed E-state index contributed by atoms with van der Waals surface area (Å²) in [5.74, 6) is -1.73. The summed E-state index contributed by atoms with van der Waals surface area (Å²) in [6.07, 6.45) is 2.38. The quantitative estimate of drug-likeness (QED) is 0.793. The van der Waals surface area contributed by atoms with E-state index < -0.39 is 17.2 Å². The molecule has 116 valence electrons. The average Bonchev–Trinajstić information content (AvgIpc) is 2.38. The molecule has 1 aromatic carbocycles. The summed E-state index contributed by atoms with van der Waals surface area (Å²) >= 11 is 0. The van der Waals surface area contributed by atoms with Gasteiger partial charge in [0.1, 0.15) is 11.6 Å². The predicted octanol–water partition coefficient (Wildman–Crippen LogP) is 3.04. The second kappa shape index (κ2) is 7.31. The molecular formula is C16H21F2NO2. The van der Waals surface area contributed by atoms with Gasteiger partial charge in [-0.3, -0.25) is 4.79 Å². The zero-order valence-corrected chi connectivity index (χ0v) is 12.5. The van der Waals surface area contributed by atoms with Crippen LogP contribution in [-0.2, 0) is 4.79 Å². The van der Waals surface area contributed by atoms with Gasteiger partial charge in [0, 0.05) is 29.9 Å². The Balaban J connectivity index is 2.88. The SMILES string of the molecule is CCC(C)(CCO)NC(=O)/C=C(/C)c1ccc(F)cc1F. The summed E-state index contributed by atoms with van der Waals surface area (Å²) in [5.41, 5.74) is 0.0867. The highest BCUT2D eigenvalue weighted by Crippen LogP contribution is 2.19. The number of nitrogens with one attached hydrogen (secondary N) is 1. The van der Waals surface area contributed by atoms with Crippen molar-refractivity contribution in [2.24, 2.45) is 0 Å². The van der Waals surface area contributed by atoms with Crippen LogP contribution in [0, 0.1) is 11.6 Å². The molecular weight excluding hydrogens is 276 g/mol. The molecule has 0 radical (unpaired) electrons. The first-order valence-electron chi connectivity index (χ1n) is 6.88. The van der Waals surface area contributed by atoms with Gasteiger partial charge >= 0.3 is 0 Å². The molecule has 0 aliphatic heterocycles. The number of hydrogen-bond acceptors (Lipinski definition) is 2. The van der Waals surface area contributed by atoms with Gasteiger partial charge in [-0.15, -0.1) is 0 Å². The zero-order chi connectivity index (χ0) is 16.0. The number of allylic oxidation sites excluding steroid dienone is 1. The fourth-order valence-corrected chi connectivity index (χ4v) is 1.99. The molecule has 1 unspecified atom stereocenters. The van der Waals surface area contributed by atoms with Gasteiger partial charge in [-0.25, -0.2) is 8.78 Å². The summed E-state index contributed by atoms with van der Waals surface area (Å²) in [5, 5.41) is 11.8. The molecule has 0 heterocycles. The van der Waals surface area contributed by atoms with Gasteiger partial charge in [-0.1, -0.05) is 6.92 Å². The van der Waals surface area contributed by atoms with Crippen molar-refractivity contribution < 1.29 is 18.7 Å². The van der Waals surface area contributed by atoms with Crippen molar-refractivity contribution in [3.05, 3.63) is 41.5 Å². The number of aliphatic hydroxyl groups excluding tert-OH is 1. The number of aliphatic hydroxyl groups is 1. The Hall–Kier alpha value is -1.75.